The van der Waals surface area contributed by atoms with Gasteiger partial charge >= 0.3 is 0 Å². The molecular formula is C15H26N4O. The van der Waals surface area contributed by atoms with E-state index >= 15 is 0 Å². The largest absolute Gasteiger partial charge is 0.338 e. The zero-order valence-electron chi connectivity index (χ0n) is 12.9. The van der Waals surface area contributed by atoms with E-state index < -0.39 is 0 Å². The van der Waals surface area contributed by atoms with E-state index in [9.17, 15) is 0 Å². The summed E-state index contributed by atoms with van der Waals surface area (Å²) >= 11 is 0. The molecular weight excluding hydrogens is 252 g/mol. The van der Waals surface area contributed by atoms with Crippen LogP contribution in [0.2, 0.25) is 0 Å². The molecule has 20 heavy (non-hydrogen) atoms. The van der Waals surface area contributed by atoms with Gasteiger partial charge in [0.2, 0.25) is 5.89 Å². The maximum absolute atomic E-state index is 5.32. The highest BCUT2D eigenvalue weighted by atomic mass is 16.5. The monoisotopic (exact) mass is 278 g/mol. The minimum absolute atomic E-state index is 0.339. The van der Waals surface area contributed by atoms with Gasteiger partial charge in [0, 0.05) is 31.1 Å². The summed E-state index contributed by atoms with van der Waals surface area (Å²) in [4.78, 5) is 9.55. The van der Waals surface area contributed by atoms with Gasteiger partial charge in [-0.1, -0.05) is 25.4 Å². The quantitative estimate of drug-likeness (QED) is 0.845. The van der Waals surface area contributed by atoms with E-state index in [0.29, 0.717) is 5.92 Å². The van der Waals surface area contributed by atoms with Gasteiger partial charge < -0.3 is 4.52 Å². The van der Waals surface area contributed by atoms with Gasteiger partial charge in [0.1, 0.15) is 0 Å². The first kappa shape index (κ1) is 14.0. The summed E-state index contributed by atoms with van der Waals surface area (Å²) in [5, 5.41) is 4.02. The molecule has 5 nitrogen and oxygen atoms in total. The van der Waals surface area contributed by atoms with E-state index in [0.717, 1.165) is 43.4 Å². The zero-order valence-corrected chi connectivity index (χ0v) is 12.9. The Bertz CT molecular complexity index is 439. The van der Waals surface area contributed by atoms with Crippen LogP contribution in [0.5, 0.6) is 0 Å². The van der Waals surface area contributed by atoms with Gasteiger partial charge in [0.25, 0.3) is 0 Å². The molecule has 0 aromatic carbocycles. The first-order valence-electron chi connectivity index (χ1n) is 7.94. The maximum atomic E-state index is 5.32. The molecule has 2 aliphatic rings. The third-order valence-electron chi connectivity index (χ3n) is 4.62. The van der Waals surface area contributed by atoms with E-state index in [4.69, 9.17) is 4.52 Å². The van der Waals surface area contributed by atoms with Gasteiger partial charge in [0.15, 0.2) is 5.82 Å². The van der Waals surface area contributed by atoms with Crippen molar-refractivity contribution in [2.75, 3.05) is 19.6 Å². The van der Waals surface area contributed by atoms with Gasteiger partial charge in [-0.15, -0.1) is 0 Å². The lowest BCUT2D eigenvalue weighted by Crippen LogP contribution is -2.61. The van der Waals surface area contributed by atoms with Crippen LogP contribution in [-0.2, 0) is 6.54 Å². The first-order chi connectivity index (χ1) is 9.63. The molecule has 0 radical (unpaired) electrons. The van der Waals surface area contributed by atoms with Crippen molar-refractivity contribution in [3.05, 3.63) is 11.7 Å². The Labute approximate surface area is 121 Å². The van der Waals surface area contributed by atoms with Crippen molar-refractivity contribution >= 4 is 0 Å². The minimum atomic E-state index is 0.339. The number of piperidine rings is 1. The van der Waals surface area contributed by atoms with Crippen LogP contribution in [0.3, 0.4) is 0 Å². The third-order valence-corrected chi connectivity index (χ3v) is 4.62. The van der Waals surface area contributed by atoms with E-state index in [1.807, 2.05) is 0 Å². The SMILES string of the molecule is CC(C)c1noc(CN2CC(N3CCCC[C@@H]3C)C2)n1. The Kier molecular flexibility index (Phi) is 4.08. The van der Waals surface area contributed by atoms with Crippen LogP contribution in [0.1, 0.15) is 57.7 Å². The molecule has 1 atom stereocenters. The lowest BCUT2D eigenvalue weighted by atomic mass is 9.97. The van der Waals surface area contributed by atoms with Crippen molar-refractivity contribution in [1.82, 2.24) is 19.9 Å². The van der Waals surface area contributed by atoms with E-state index in [1.54, 1.807) is 0 Å². The summed E-state index contributed by atoms with van der Waals surface area (Å²) in [6, 6.07) is 1.49. The Morgan fingerprint density at radius 3 is 2.75 bits per heavy atom. The second-order valence-corrected chi connectivity index (χ2v) is 6.63. The Morgan fingerprint density at radius 1 is 1.30 bits per heavy atom. The average molecular weight is 278 g/mol. The predicted octanol–water partition coefficient (Wildman–Crippen LogP) is 2.25. The van der Waals surface area contributed by atoms with E-state index in [2.05, 4.69) is 40.7 Å². The highest BCUT2D eigenvalue weighted by Gasteiger charge is 2.35. The van der Waals surface area contributed by atoms with Crippen molar-refractivity contribution in [1.29, 1.82) is 0 Å². The topological polar surface area (TPSA) is 45.4 Å². The van der Waals surface area contributed by atoms with Gasteiger partial charge in [-0.3, -0.25) is 9.80 Å². The molecule has 5 heteroatoms. The lowest BCUT2D eigenvalue weighted by molar-refractivity contribution is -0.0103. The average Bonchev–Trinajstić information content (AvgIpc) is 2.83. The van der Waals surface area contributed by atoms with Crippen LogP contribution < -0.4 is 0 Å². The van der Waals surface area contributed by atoms with E-state index in [-0.39, 0.29) is 0 Å². The summed E-state index contributed by atoms with van der Waals surface area (Å²) in [7, 11) is 0. The summed E-state index contributed by atoms with van der Waals surface area (Å²) in [6.45, 7) is 10.9. The molecule has 1 aromatic heterocycles. The molecule has 2 aliphatic heterocycles. The molecule has 1 aromatic rings. The molecule has 3 heterocycles. The number of nitrogens with zero attached hydrogens (tertiary/aromatic N) is 4. The number of hydrogen-bond donors (Lipinski definition) is 0. The molecule has 3 rings (SSSR count). The molecule has 2 fully saturated rings. The first-order valence-corrected chi connectivity index (χ1v) is 7.94. The minimum Gasteiger partial charge on any atom is -0.338 e. The van der Waals surface area contributed by atoms with Gasteiger partial charge in [-0.2, -0.15) is 4.98 Å². The molecule has 0 N–H and O–H groups in total. The van der Waals surface area contributed by atoms with Crippen LogP contribution in [0.15, 0.2) is 4.52 Å². The lowest BCUT2D eigenvalue weighted by Gasteiger charge is -2.48. The molecule has 0 bridgehead atoms. The molecule has 0 saturated carbocycles. The smallest absolute Gasteiger partial charge is 0.240 e. The van der Waals surface area contributed by atoms with Crippen molar-refractivity contribution in [2.24, 2.45) is 0 Å². The van der Waals surface area contributed by atoms with Crippen LogP contribution in [-0.4, -0.2) is 51.7 Å². The number of likely N-dealkylation sites (tertiary alicyclic amines) is 2. The fraction of sp³-hybridized carbons (Fsp3) is 0.867. The Morgan fingerprint density at radius 2 is 2.10 bits per heavy atom. The molecule has 0 unspecified atom stereocenters. The number of rotatable bonds is 4. The zero-order chi connectivity index (χ0) is 14.1. The molecule has 112 valence electrons. The number of hydrogen-bond acceptors (Lipinski definition) is 5. The van der Waals surface area contributed by atoms with Crippen molar-refractivity contribution in [2.45, 2.75) is 64.6 Å². The fourth-order valence-corrected chi connectivity index (χ4v) is 3.30. The van der Waals surface area contributed by atoms with E-state index in [1.165, 1.54) is 25.8 Å². The van der Waals surface area contributed by atoms with Crippen LogP contribution in [0.4, 0.5) is 0 Å². The second kappa shape index (κ2) is 5.82. The van der Waals surface area contributed by atoms with Gasteiger partial charge in [0.05, 0.1) is 6.54 Å². The summed E-state index contributed by atoms with van der Waals surface area (Å²) in [5.74, 6) is 1.92. The fourth-order valence-electron chi connectivity index (χ4n) is 3.30. The summed E-state index contributed by atoms with van der Waals surface area (Å²) < 4.78 is 5.32. The molecule has 2 saturated heterocycles. The Hall–Kier alpha value is -0.940. The predicted molar refractivity (Wildman–Crippen MR) is 77.5 cm³/mol. The Balaban J connectivity index is 1.47. The molecule has 0 aliphatic carbocycles. The summed E-state index contributed by atoms with van der Waals surface area (Å²) in [6.07, 6.45) is 4.12. The molecule has 0 spiro atoms. The van der Waals surface area contributed by atoms with Crippen LogP contribution in [0, 0.1) is 0 Å². The van der Waals surface area contributed by atoms with Gasteiger partial charge in [-0.05, 0) is 26.3 Å². The third kappa shape index (κ3) is 2.88. The number of aromatic nitrogens is 2. The van der Waals surface area contributed by atoms with Crippen molar-refractivity contribution in [3.8, 4) is 0 Å². The highest BCUT2D eigenvalue weighted by molar-refractivity contribution is 4.96. The summed E-state index contributed by atoms with van der Waals surface area (Å²) in [5.41, 5.74) is 0. The van der Waals surface area contributed by atoms with Crippen molar-refractivity contribution < 1.29 is 4.52 Å². The van der Waals surface area contributed by atoms with Crippen LogP contribution in [0.25, 0.3) is 0 Å². The van der Waals surface area contributed by atoms with Crippen LogP contribution >= 0.6 is 0 Å². The van der Waals surface area contributed by atoms with Gasteiger partial charge in [-0.25, -0.2) is 0 Å². The second-order valence-electron chi connectivity index (χ2n) is 6.63. The maximum Gasteiger partial charge on any atom is 0.240 e. The molecule has 0 amide bonds. The normalized spacial score (nSPS) is 26.1. The standard InChI is InChI=1S/C15H26N4O/c1-11(2)15-16-14(20-17-15)10-18-8-13(9-18)19-7-5-4-6-12(19)3/h11-13H,4-10H2,1-3H3/t12-/m0/s1. The van der Waals surface area contributed by atoms with Crippen molar-refractivity contribution in [3.63, 3.8) is 0 Å². The highest BCUT2D eigenvalue weighted by Crippen LogP contribution is 2.25.